The minimum absolute atomic E-state index is 0.695. The molecule has 0 unspecified atom stereocenters. The van der Waals surface area contributed by atoms with Crippen LogP contribution >= 0.6 is 0 Å². The molecule has 0 atom stereocenters. The predicted octanol–water partition coefficient (Wildman–Crippen LogP) is 4.56. The number of anilines is 1. The molecule has 5 rings (SSSR count). The number of hydrogen-bond acceptors (Lipinski definition) is 4. The second-order valence-corrected chi connectivity index (χ2v) is 6.40. The molecule has 0 spiro atoms. The molecule has 0 amide bonds. The van der Waals surface area contributed by atoms with Gasteiger partial charge in [-0.25, -0.2) is 9.50 Å². The molecule has 0 radical (unpaired) electrons. The molecule has 3 heterocycles. The number of benzene rings is 2. The van der Waals surface area contributed by atoms with Crippen LogP contribution in [0, 0.1) is 0 Å². The molecular weight excluding hydrogens is 334 g/mol. The van der Waals surface area contributed by atoms with E-state index in [4.69, 9.17) is 5.10 Å². The van der Waals surface area contributed by atoms with E-state index in [1.165, 1.54) is 10.8 Å². The first-order valence-corrected chi connectivity index (χ1v) is 8.83. The maximum absolute atomic E-state index is 4.73. The molecule has 2 aromatic carbocycles. The van der Waals surface area contributed by atoms with Crippen molar-refractivity contribution in [3.05, 3.63) is 90.9 Å². The van der Waals surface area contributed by atoms with Crippen molar-refractivity contribution >= 4 is 22.2 Å². The highest BCUT2D eigenvalue weighted by Gasteiger charge is 2.09. The SMILES string of the molecule is c1ccc2cc(-c3cnc4ccc(NCc5ccncc5)nn34)ccc2c1. The normalized spacial score (nSPS) is 11.1. The Hall–Kier alpha value is -3.73. The Bertz CT molecular complexity index is 1230. The number of rotatable bonds is 4. The van der Waals surface area contributed by atoms with Crippen LogP contribution < -0.4 is 5.32 Å². The highest BCUT2D eigenvalue weighted by molar-refractivity contribution is 5.87. The standard InChI is InChI=1S/C22H17N5/c1-2-4-18-13-19(6-5-17(18)3-1)20-15-25-22-8-7-21(26-27(20)22)24-14-16-9-11-23-12-10-16/h1-13,15H,14H2,(H,24,26). The molecule has 0 saturated carbocycles. The lowest BCUT2D eigenvalue weighted by Crippen LogP contribution is -2.04. The number of hydrogen-bond donors (Lipinski definition) is 1. The highest BCUT2D eigenvalue weighted by Crippen LogP contribution is 2.25. The molecular formula is C22H17N5. The van der Waals surface area contributed by atoms with Crippen LogP contribution in [-0.4, -0.2) is 19.6 Å². The molecule has 3 aromatic heterocycles. The van der Waals surface area contributed by atoms with Gasteiger partial charge in [0.15, 0.2) is 5.65 Å². The van der Waals surface area contributed by atoms with E-state index in [-0.39, 0.29) is 0 Å². The highest BCUT2D eigenvalue weighted by atomic mass is 15.3. The molecule has 5 heteroatoms. The lowest BCUT2D eigenvalue weighted by atomic mass is 10.1. The third kappa shape index (κ3) is 3.00. The molecule has 0 aliphatic rings. The summed E-state index contributed by atoms with van der Waals surface area (Å²) in [6.45, 7) is 0.695. The molecule has 1 N–H and O–H groups in total. The number of pyridine rings is 1. The van der Waals surface area contributed by atoms with Gasteiger partial charge < -0.3 is 5.32 Å². The fourth-order valence-electron chi connectivity index (χ4n) is 3.21. The molecule has 130 valence electrons. The number of nitrogens with zero attached hydrogens (tertiary/aromatic N) is 4. The summed E-state index contributed by atoms with van der Waals surface area (Å²) in [7, 11) is 0. The van der Waals surface area contributed by atoms with Crippen LogP contribution in [-0.2, 0) is 6.54 Å². The fraction of sp³-hybridized carbons (Fsp3) is 0.0455. The van der Waals surface area contributed by atoms with Gasteiger partial charge in [0.05, 0.1) is 11.9 Å². The Morgan fingerprint density at radius 2 is 1.70 bits per heavy atom. The molecule has 0 saturated heterocycles. The van der Waals surface area contributed by atoms with Crippen LogP contribution in [0.15, 0.2) is 85.3 Å². The van der Waals surface area contributed by atoms with E-state index in [2.05, 4.69) is 57.7 Å². The zero-order valence-corrected chi connectivity index (χ0v) is 14.6. The summed E-state index contributed by atoms with van der Waals surface area (Å²) in [6, 6.07) is 22.7. The Morgan fingerprint density at radius 3 is 2.59 bits per heavy atom. The van der Waals surface area contributed by atoms with Crippen molar-refractivity contribution in [3.63, 3.8) is 0 Å². The third-order valence-corrected chi connectivity index (χ3v) is 4.63. The van der Waals surface area contributed by atoms with Crippen LogP contribution in [0.3, 0.4) is 0 Å². The van der Waals surface area contributed by atoms with Gasteiger partial charge in [-0.3, -0.25) is 4.98 Å². The van der Waals surface area contributed by atoms with E-state index in [1.807, 2.05) is 35.0 Å². The quantitative estimate of drug-likeness (QED) is 0.516. The summed E-state index contributed by atoms with van der Waals surface area (Å²) in [5, 5.41) is 10.5. The largest absolute Gasteiger partial charge is 0.365 e. The summed E-state index contributed by atoms with van der Waals surface area (Å²) in [6.07, 6.45) is 5.46. The van der Waals surface area contributed by atoms with Gasteiger partial charge in [-0.2, -0.15) is 0 Å². The van der Waals surface area contributed by atoms with Gasteiger partial charge in [-0.05, 0) is 46.7 Å². The van der Waals surface area contributed by atoms with Crippen LogP contribution in [0.5, 0.6) is 0 Å². The van der Waals surface area contributed by atoms with Gasteiger partial charge in [0.2, 0.25) is 0 Å². The molecule has 27 heavy (non-hydrogen) atoms. The number of fused-ring (bicyclic) bond motifs is 2. The minimum atomic E-state index is 0.695. The monoisotopic (exact) mass is 351 g/mol. The zero-order valence-electron chi connectivity index (χ0n) is 14.6. The summed E-state index contributed by atoms with van der Waals surface area (Å²) in [5.74, 6) is 0.805. The molecule has 0 aliphatic carbocycles. The summed E-state index contributed by atoms with van der Waals surface area (Å²) >= 11 is 0. The number of imidazole rings is 1. The van der Waals surface area contributed by atoms with Crippen molar-refractivity contribution < 1.29 is 0 Å². The van der Waals surface area contributed by atoms with Gasteiger partial charge in [0, 0.05) is 24.5 Å². The second kappa shape index (κ2) is 6.53. The summed E-state index contributed by atoms with van der Waals surface area (Å²) in [4.78, 5) is 8.54. The van der Waals surface area contributed by atoms with Crippen LogP contribution in [0.4, 0.5) is 5.82 Å². The minimum Gasteiger partial charge on any atom is -0.365 e. The first-order chi connectivity index (χ1) is 13.4. The fourth-order valence-corrected chi connectivity index (χ4v) is 3.21. The molecule has 5 aromatic rings. The average molecular weight is 351 g/mol. The Balaban J connectivity index is 1.50. The number of aromatic nitrogens is 4. The van der Waals surface area contributed by atoms with Crippen molar-refractivity contribution in [2.75, 3.05) is 5.32 Å². The maximum Gasteiger partial charge on any atom is 0.154 e. The van der Waals surface area contributed by atoms with Crippen molar-refractivity contribution in [2.24, 2.45) is 0 Å². The molecule has 5 nitrogen and oxygen atoms in total. The lowest BCUT2D eigenvalue weighted by Gasteiger charge is -2.08. The van der Waals surface area contributed by atoms with Gasteiger partial charge in [-0.15, -0.1) is 5.10 Å². The molecule has 0 bridgehead atoms. The summed E-state index contributed by atoms with van der Waals surface area (Å²) in [5.41, 5.74) is 4.06. The van der Waals surface area contributed by atoms with E-state index < -0.39 is 0 Å². The van der Waals surface area contributed by atoms with E-state index in [9.17, 15) is 0 Å². The Morgan fingerprint density at radius 1 is 0.852 bits per heavy atom. The summed E-state index contributed by atoms with van der Waals surface area (Å²) < 4.78 is 1.89. The van der Waals surface area contributed by atoms with Crippen LogP contribution in [0.2, 0.25) is 0 Å². The van der Waals surface area contributed by atoms with Gasteiger partial charge >= 0.3 is 0 Å². The van der Waals surface area contributed by atoms with E-state index >= 15 is 0 Å². The smallest absolute Gasteiger partial charge is 0.154 e. The Kier molecular flexibility index (Phi) is 3.76. The van der Waals surface area contributed by atoms with Crippen LogP contribution in [0.25, 0.3) is 27.7 Å². The van der Waals surface area contributed by atoms with Gasteiger partial charge in [-0.1, -0.05) is 36.4 Å². The first-order valence-electron chi connectivity index (χ1n) is 8.83. The maximum atomic E-state index is 4.73. The molecule has 0 aliphatic heterocycles. The topological polar surface area (TPSA) is 55.1 Å². The van der Waals surface area contributed by atoms with Gasteiger partial charge in [0.25, 0.3) is 0 Å². The number of nitrogens with one attached hydrogen (secondary N) is 1. The average Bonchev–Trinajstić information content (AvgIpc) is 3.16. The van der Waals surface area contributed by atoms with E-state index in [0.717, 1.165) is 28.3 Å². The predicted molar refractivity (Wildman–Crippen MR) is 107 cm³/mol. The second-order valence-electron chi connectivity index (χ2n) is 6.40. The lowest BCUT2D eigenvalue weighted by molar-refractivity contribution is 0.931. The third-order valence-electron chi connectivity index (χ3n) is 4.63. The van der Waals surface area contributed by atoms with E-state index in [0.29, 0.717) is 6.54 Å². The van der Waals surface area contributed by atoms with Gasteiger partial charge in [0.1, 0.15) is 5.82 Å². The molecule has 0 fully saturated rings. The van der Waals surface area contributed by atoms with E-state index in [1.54, 1.807) is 12.4 Å². The van der Waals surface area contributed by atoms with Crippen LogP contribution in [0.1, 0.15) is 5.56 Å². The van der Waals surface area contributed by atoms with Crippen molar-refractivity contribution in [2.45, 2.75) is 6.54 Å². The van der Waals surface area contributed by atoms with Crippen molar-refractivity contribution in [1.29, 1.82) is 0 Å². The Labute approximate surface area is 156 Å². The van der Waals surface area contributed by atoms with Crippen molar-refractivity contribution in [1.82, 2.24) is 19.6 Å². The first kappa shape index (κ1) is 15.5. The van der Waals surface area contributed by atoms with Crippen molar-refractivity contribution in [3.8, 4) is 11.3 Å². The zero-order chi connectivity index (χ0) is 18.1.